The van der Waals surface area contributed by atoms with Crippen LogP contribution in [-0.4, -0.2) is 48.8 Å². The van der Waals surface area contributed by atoms with Crippen molar-refractivity contribution in [2.75, 3.05) is 20.3 Å². The summed E-state index contributed by atoms with van der Waals surface area (Å²) in [5.41, 5.74) is -0.0470. The van der Waals surface area contributed by atoms with E-state index >= 15 is 0 Å². The number of ether oxygens (including phenoxy) is 1. The molecule has 0 heterocycles. The van der Waals surface area contributed by atoms with E-state index in [1.165, 1.54) is 0 Å². The molecular formula is C26H37N3O4. The van der Waals surface area contributed by atoms with Crippen LogP contribution in [0.1, 0.15) is 75.2 Å². The summed E-state index contributed by atoms with van der Waals surface area (Å²) in [5, 5.41) is 26.1. The monoisotopic (exact) mass is 455 g/mol. The summed E-state index contributed by atoms with van der Waals surface area (Å²) in [6.45, 7) is 7.26. The van der Waals surface area contributed by atoms with E-state index in [2.05, 4.69) is 30.6 Å². The van der Waals surface area contributed by atoms with E-state index in [1.807, 2.05) is 6.92 Å². The Morgan fingerprint density at radius 1 is 1.18 bits per heavy atom. The lowest BCUT2D eigenvalue weighted by Gasteiger charge is -2.50. The van der Waals surface area contributed by atoms with Gasteiger partial charge in [0, 0.05) is 31.7 Å². The summed E-state index contributed by atoms with van der Waals surface area (Å²) < 4.78 is 5.01. The molecule has 0 saturated heterocycles. The quantitative estimate of drug-likeness (QED) is 0.522. The van der Waals surface area contributed by atoms with E-state index in [4.69, 9.17) is 10.00 Å². The highest BCUT2D eigenvalue weighted by molar-refractivity contribution is 5.94. The third-order valence-electron chi connectivity index (χ3n) is 7.86. The van der Waals surface area contributed by atoms with Gasteiger partial charge in [-0.1, -0.05) is 13.8 Å². The van der Waals surface area contributed by atoms with Crippen LogP contribution in [0.4, 0.5) is 0 Å². The van der Waals surface area contributed by atoms with E-state index in [-0.39, 0.29) is 34.6 Å². The van der Waals surface area contributed by atoms with Gasteiger partial charge in [-0.3, -0.25) is 9.59 Å². The molecule has 0 bridgehead atoms. The zero-order valence-corrected chi connectivity index (χ0v) is 20.2. The first-order valence-corrected chi connectivity index (χ1v) is 11.8. The molecule has 1 aromatic carbocycles. The molecule has 0 spiro atoms. The molecule has 0 aromatic heterocycles. The second-order valence-corrected chi connectivity index (χ2v) is 10.7. The third kappa shape index (κ3) is 5.56. The van der Waals surface area contributed by atoms with Crippen molar-refractivity contribution >= 4 is 11.8 Å². The van der Waals surface area contributed by atoms with Crippen LogP contribution in [-0.2, 0) is 9.53 Å². The van der Waals surface area contributed by atoms with Crippen LogP contribution in [0.25, 0.3) is 0 Å². The molecule has 3 N–H and O–H groups in total. The molecule has 2 saturated carbocycles. The first-order valence-electron chi connectivity index (χ1n) is 11.8. The molecule has 7 heteroatoms. The Kier molecular flexibility index (Phi) is 7.50. The van der Waals surface area contributed by atoms with Crippen molar-refractivity contribution in [2.45, 2.75) is 70.9 Å². The molecule has 0 radical (unpaired) electrons. The standard InChI is InChI=1S/C26H37N3O4/c1-24(2)16-21(29-23(31)19-7-5-18(17-27)6-8-19)26(10-9-22(30)28-13-14-33-4)12-11-25(3,32)15-20(24)26/h5-8,20-21,32H,9-16H2,1-4H3,(H,28,30)(H,29,31)/t20-,21-,25+,26+/m0/s1. The summed E-state index contributed by atoms with van der Waals surface area (Å²) in [7, 11) is 1.60. The maximum absolute atomic E-state index is 13.1. The van der Waals surface area contributed by atoms with Gasteiger partial charge < -0.3 is 20.5 Å². The Morgan fingerprint density at radius 3 is 2.52 bits per heavy atom. The summed E-state index contributed by atoms with van der Waals surface area (Å²) in [6, 6.07) is 8.62. The van der Waals surface area contributed by atoms with Crippen LogP contribution < -0.4 is 10.6 Å². The number of aliphatic hydroxyl groups is 1. The Balaban J connectivity index is 1.83. The average molecular weight is 456 g/mol. The van der Waals surface area contributed by atoms with E-state index in [0.717, 1.165) is 12.8 Å². The lowest BCUT2D eigenvalue weighted by atomic mass is 9.57. The number of amides is 2. The number of benzene rings is 1. The van der Waals surface area contributed by atoms with Crippen LogP contribution in [0, 0.1) is 28.1 Å². The van der Waals surface area contributed by atoms with E-state index in [0.29, 0.717) is 50.0 Å². The molecule has 2 aliphatic carbocycles. The molecule has 2 fully saturated rings. The number of hydrogen-bond donors (Lipinski definition) is 3. The number of nitriles is 1. The van der Waals surface area contributed by atoms with Crippen molar-refractivity contribution in [2.24, 2.45) is 16.7 Å². The molecule has 33 heavy (non-hydrogen) atoms. The Hall–Kier alpha value is -2.43. The Labute approximate surface area is 196 Å². The first-order chi connectivity index (χ1) is 15.5. The highest BCUT2D eigenvalue weighted by Crippen LogP contribution is 2.63. The number of fused-ring (bicyclic) bond motifs is 1. The van der Waals surface area contributed by atoms with Crippen LogP contribution >= 0.6 is 0 Å². The predicted octanol–water partition coefficient (Wildman–Crippen LogP) is 3.17. The number of nitrogens with one attached hydrogen (secondary N) is 2. The number of carbonyl (C=O) groups excluding carboxylic acids is 2. The maximum Gasteiger partial charge on any atom is 0.251 e. The van der Waals surface area contributed by atoms with Crippen LogP contribution in [0.5, 0.6) is 0 Å². The zero-order chi connectivity index (χ0) is 24.3. The third-order valence-corrected chi connectivity index (χ3v) is 7.86. The summed E-state index contributed by atoms with van der Waals surface area (Å²) >= 11 is 0. The van der Waals surface area contributed by atoms with E-state index in [1.54, 1.807) is 31.4 Å². The second kappa shape index (κ2) is 9.82. The lowest BCUT2D eigenvalue weighted by Crippen LogP contribution is -2.52. The topological polar surface area (TPSA) is 111 Å². The fourth-order valence-corrected chi connectivity index (χ4v) is 6.10. The molecule has 1 aromatic rings. The van der Waals surface area contributed by atoms with Crippen LogP contribution in [0.3, 0.4) is 0 Å². The van der Waals surface area contributed by atoms with Crippen LogP contribution in [0.15, 0.2) is 24.3 Å². The lowest BCUT2D eigenvalue weighted by molar-refractivity contribution is -0.123. The number of nitrogens with zero attached hydrogens (tertiary/aromatic N) is 1. The highest BCUT2D eigenvalue weighted by Gasteiger charge is 2.61. The van der Waals surface area contributed by atoms with Gasteiger partial charge in [-0.25, -0.2) is 0 Å². The van der Waals surface area contributed by atoms with Gasteiger partial charge in [0.05, 0.1) is 23.8 Å². The fourth-order valence-electron chi connectivity index (χ4n) is 6.10. The molecule has 2 amide bonds. The van der Waals surface area contributed by atoms with E-state index in [9.17, 15) is 14.7 Å². The normalized spacial score (nSPS) is 30.2. The van der Waals surface area contributed by atoms with Crippen molar-refractivity contribution in [1.29, 1.82) is 5.26 Å². The summed E-state index contributed by atoms with van der Waals surface area (Å²) in [4.78, 5) is 25.6. The Morgan fingerprint density at radius 2 is 1.88 bits per heavy atom. The molecule has 7 nitrogen and oxygen atoms in total. The van der Waals surface area contributed by atoms with Gasteiger partial charge in [0.2, 0.25) is 5.91 Å². The molecule has 0 aliphatic heterocycles. The molecule has 180 valence electrons. The summed E-state index contributed by atoms with van der Waals surface area (Å²) in [5.74, 6) is 0.00775. The van der Waals surface area contributed by atoms with Gasteiger partial charge in [-0.05, 0) is 80.0 Å². The molecule has 2 aliphatic rings. The minimum atomic E-state index is -0.738. The van der Waals surface area contributed by atoms with Crippen LogP contribution in [0.2, 0.25) is 0 Å². The second-order valence-electron chi connectivity index (χ2n) is 10.7. The smallest absolute Gasteiger partial charge is 0.251 e. The minimum absolute atomic E-state index is 0.0145. The Bertz CT molecular complexity index is 903. The molecular weight excluding hydrogens is 418 g/mol. The first kappa shape index (κ1) is 25.2. The van der Waals surface area contributed by atoms with Gasteiger partial charge in [-0.15, -0.1) is 0 Å². The van der Waals surface area contributed by atoms with Gasteiger partial charge >= 0.3 is 0 Å². The van der Waals surface area contributed by atoms with Gasteiger partial charge in [0.15, 0.2) is 0 Å². The predicted molar refractivity (Wildman–Crippen MR) is 125 cm³/mol. The molecule has 0 unspecified atom stereocenters. The van der Waals surface area contributed by atoms with Gasteiger partial charge in [0.1, 0.15) is 0 Å². The maximum atomic E-state index is 13.1. The van der Waals surface area contributed by atoms with Crippen molar-refractivity contribution < 1.29 is 19.4 Å². The number of methoxy groups -OCH3 is 1. The minimum Gasteiger partial charge on any atom is -0.390 e. The van der Waals surface area contributed by atoms with Crippen molar-refractivity contribution in [3.05, 3.63) is 35.4 Å². The SMILES string of the molecule is COCCNC(=O)CC[C@@]12CC[C@@](C)(O)C[C@H]1C(C)(C)C[C@@H]2NC(=O)c1ccc(C#N)cc1. The van der Waals surface area contributed by atoms with Gasteiger partial charge in [-0.2, -0.15) is 5.26 Å². The highest BCUT2D eigenvalue weighted by atomic mass is 16.5. The zero-order valence-electron chi connectivity index (χ0n) is 20.2. The number of rotatable bonds is 8. The number of hydrogen-bond acceptors (Lipinski definition) is 5. The van der Waals surface area contributed by atoms with Crippen molar-refractivity contribution in [3.8, 4) is 6.07 Å². The van der Waals surface area contributed by atoms with Crippen molar-refractivity contribution in [1.82, 2.24) is 10.6 Å². The average Bonchev–Trinajstić information content (AvgIpc) is 2.98. The van der Waals surface area contributed by atoms with Gasteiger partial charge in [0.25, 0.3) is 5.91 Å². The van der Waals surface area contributed by atoms with Crippen molar-refractivity contribution in [3.63, 3.8) is 0 Å². The molecule has 4 atom stereocenters. The largest absolute Gasteiger partial charge is 0.390 e. The summed E-state index contributed by atoms with van der Waals surface area (Å²) in [6.07, 6.45) is 3.90. The number of carbonyl (C=O) groups is 2. The molecule has 3 rings (SSSR count). The van der Waals surface area contributed by atoms with E-state index < -0.39 is 5.60 Å². The fraction of sp³-hybridized carbons (Fsp3) is 0.654.